The fraction of sp³-hybridized carbons (Fsp3) is 0.364. The molecule has 4 nitrogen and oxygen atoms in total. The molecule has 0 fully saturated rings. The van der Waals surface area contributed by atoms with Crippen LogP contribution in [0.4, 0.5) is 5.82 Å². The first-order valence-electron chi connectivity index (χ1n) is 5.45. The van der Waals surface area contributed by atoms with Gasteiger partial charge in [-0.1, -0.05) is 18.7 Å². The third-order valence-electron chi connectivity index (χ3n) is 2.01. The van der Waals surface area contributed by atoms with E-state index in [0.717, 1.165) is 34.6 Å². The first-order chi connectivity index (χ1) is 8.38. The Morgan fingerprint density at radius 1 is 1.29 bits per heavy atom. The second kappa shape index (κ2) is 6.56. The van der Waals surface area contributed by atoms with Gasteiger partial charge in [-0.25, -0.2) is 9.97 Å². The van der Waals surface area contributed by atoms with Crippen LogP contribution in [-0.2, 0) is 5.75 Å². The molecular weight excluding hydrogens is 252 g/mol. The molecular formula is C11H14N4S2. The minimum atomic E-state index is 0.814. The molecule has 0 spiro atoms. The van der Waals surface area contributed by atoms with Crippen LogP contribution in [0.15, 0.2) is 28.3 Å². The van der Waals surface area contributed by atoms with Gasteiger partial charge < -0.3 is 5.32 Å². The molecule has 0 bridgehead atoms. The summed E-state index contributed by atoms with van der Waals surface area (Å²) in [6, 6.07) is 0. The summed E-state index contributed by atoms with van der Waals surface area (Å²) in [6.07, 6.45) is 6.51. The van der Waals surface area contributed by atoms with Gasteiger partial charge in [-0.05, 0) is 6.42 Å². The smallest absolute Gasteiger partial charge is 0.150 e. The predicted octanol–water partition coefficient (Wildman–Crippen LogP) is 3.05. The summed E-state index contributed by atoms with van der Waals surface area (Å²) in [5.41, 5.74) is 0.979. The SMILES string of the molecule is CCCNc1cnc(CSc2nccs2)cn1. The summed E-state index contributed by atoms with van der Waals surface area (Å²) in [6.45, 7) is 3.06. The van der Waals surface area contributed by atoms with Crippen molar-refractivity contribution in [2.45, 2.75) is 23.4 Å². The summed E-state index contributed by atoms with van der Waals surface area (Å²) < 4.78 is 1.07. The first kappa shape index (κ1) is 12.3. The minimum Gasteiger partial charge on any atom is -0.369 e. The zero-order valence-electron chi connectivity index (χ0n) is 9.59. The lowest BCUT2D eigenvalue weighted by atomic mass is 10.4. The van der Waals surface area contributed by atoms with Gasteiger partial charge in [-0.15, -0.1) is 11.3 Å². The molecule has 0 unspecified atom stereocenters. The van der Waals surface area contributed by atoms with Crippen molar-refractivity contribution in [3.05, 3.63) is 29.7 Å². The number of thioether (sulfide) groups is 1. The molecule has 2 aromatic rings. The maximum absolute atomic E-state index is 4.36. The lowest BCUT2D eigenvalue weighted by Gasteiger charge is -2.03. The number of rotatable bonds is 6. The van der Waals surface area contributed by atoms with E-state index in [1.54, 1.807) is 29.3 Å². The highest BCUT2D eigenvalue weighted by Gasteiger charge is 2.00. The Balaban J connectivity index is 1.85. The van der Waals surface area contributed by atoms with E-state index in [4.69, 9.17) is 0 Å². The van der Waals surface area contributed by atoms with E-state index in [-0.39, 0.29) is 0 Å². The summed E-state index contributed by atoms with van der Waals surface area (Å²) in [5, 5.41) is 5.18. The zero-order chi connectivity index (χ0) is 11.9. The molecule has 0 saturated heterocycles. The topological polar surface area (TPSA) is 50.7 Å². The maximum Gasteiger partial charge on any atom is 0.150 e. The maximum atomic E-state index is 4.36. The van der Waals surface area contributed by atoms with Crippen LogP contribution >= 0.6 is 23.1 Å². The Bertz CT molecular complexity index is 427. The fourth-order valence-corrected chi connectivity index (χ4v) is 2.72. The molecule has 1 N–H and O–H groups in total. The van der Waals surface area contributed by atoms with Crippen molar-refractivity contribution in [3.8, 4) is 0 Å². The molecule has 17 heavy (non-hydrogen) atoms. The van der Waals surface area contributed by atoms with Crippen LogP contribution in [-0.4, -0.2) is 21.5 Å². The monoisotopic (exact) mass is 266 g/mol. The molecule has 0 aliphatic heterocycles. The highest BCUT2D eigenvalue weighted by atomic mass is 32.2. The third-order valence-corrected chi connectivity index (χ3v) is 4.01. The number of aromatic nitrogens is 3. The van der Waals surface area contributed by atoms with E-state index in [9.17, 15) is 0 Å². The van der Waals surface area contributed by atoms with Gasteiger partial charge in [0.25, 0.3) is 0 Å². The molecule has 0 aromatic carbocycles. The highest BCUT2D eigenvalue weighted by molar-refractivity contribution is 8.00. The second-order valence-electron chi connectivity index (χ2n) is 3.41. The van der Waals surface area contributed by atoms with E-state index < -0.39 is 0 Å². The Morgan fingerprint density at radius 3 is 2.88 bits per heavy atom. The van der Waals surface area contributed by atoms with Crippen molar-refractivity contribution in [2.75, 3.05) is 11.9 Å². The van der Waals surface area contributed by atoms with Crippen LogP contribution in [0, 0.1) is 0 Å². The second-order valence-corrected chi connectivity index (χ2v) is 5.52. The van der Waals surface area contributed by atoms with Gasteiger partial charge in [0.05, 0.1) is 18.1 Å². The molecule has 0 radical (unpaired) electrons. The quantitative estimate of drug-likeness (QED) is 0.814. The predicted molar refractivity (Wildman–Crippen MR) is 72.5 cm³/mol. The van der Waals surface area contributed by atoms with Crippen molar-refractivity contribution in [1.29, 1.82) is 0 Å². The number of nitrogens with zero attached hydrogens (tertiary/aromatic N) is 3. The molecule has 2 rings (SSSR count). The average molecular weight is 266 g/mol. The van der Waals surface area contributed by atoms with Gasteiger partial charge in [0.15, 0.2) is 0 Å². The lowest BCUT2D eigenvalue weighted by molar-refractivity contribution is 0.960. The van der Waals surface area contributed by atoms with Crippen molar-refractivity contribution in [2.24, 2.45) is 0 Å². The highest BCUT2D eigenvalue weighted by Crippen LogP contribution is 2.23. The third kappa shape index (κ3) is 3.98. The van der Waals surface area contributed by atoms with E-state index in [1.807, 2.05) is 17.8 Å². The molecule has 2 heterocycles. The summed E-state index contributed by atoms with van der Waals surface area (Å²) in [5.74, 6) is 1.66. The largest absolute Gasteiger partial charge is 0.369 e. The molecule has 0 atom stereocenters. The average Bonchev–Trinajstić information content (AvgIpc) is 2.88. The van der Waals surface area contributed by atoms with Gasteiger partial charge in [-0.2, -0.15) is 0 Å². The summed E-state index contributed by atoms with van der Waals surface area (Å²) in [4.78, 5) is 12.9. The number of hydrogen-bond donors (Lipinski definition) is 1. The Morgan fingerprint density at radius 2 is 2.24 bits per heavy atom. The molecule has 2 aromatic heterocycles. The van der Waals surface area contributed by atoms with Crippen LogP contribution in [0.2, 0.25) is 0 Å². The van der Waals surface area contributed by atoms with Gasteiger partial charge in [0, 0.05) is 23.9 Å². The van der Waals surface area contributed by atoms with Crippen molar-refractivity contribution < 1.29 is 0 Å². The van der Waals surface area contributed by atoms with Crippen LogP contribution in [0.25, 0.3) is 0 Å². The Hall–Kier alpha value is -1.14. The van der Waals surface area contributed by atoms with Crippen molar-refractivity contribution in [3.63, 3.8) is 0 Å². The first-order valence-corrected chi connectivity index (χ1v) is 7.32. The van der Waals surface area contributed by atoms with Crippen molar-refractivity contribution in [1.82, 2.24) is 15.0 Å². The van der Waals surface area contributed by atoms with Gasteiger partial charge in [0.1, 0.15) is 10.2 Å². The normalized spacial score (nSPS) is 10.4. The molecule has 0 amide bonds. The van der Waals surface area contributed by atoms with Crippen LogP contribution < -0.4 is 5.32 Å². The number of hydrogen-bond acceptors (Lipinski definition) is 6. The molecule has 0 saturated carbocycles. The molecule has 0 aliphatic rings. The van der Waals surface area contributed by atoms with E-state index in [0.29, 0.717) is 0 Å². The Kier molecular flexibility index (Phi) is 4.75. The molecule has 0 aliphatic carbocycles. The summed E-state index contributed by atoms with van der Waals surface area (Å²) >= 11 is 3.34. The minimum absolute atomic E-state index is 0.814. The number of thiazole rings is 1. The van der Waals surface area contributed by atoms with Gasteiger partial charge >= 0.3 is 0 Å². The van der Waals surface area contributed by atoms with Crippen LogP contribution in [0.3, 0.4) is 0 Å². The number of nitrogens with one attached hydrogen (secondary N) is 1. The van der Waals surface area contributed by atoms with Crippen LogP contribution in [0.1, 0.15) is 19.0 Å². The standard InChI is InChI=1S/C11H14N4S2/c1-2-3-12-10-7-14-9(6-15-10)8-17-11-13-4-5-16-11/h4-7H,2-3,8H2,1H3,(H,12,15). The zero-order valence-corrected chi connectivity index (χ0v) is 11.2. The number of anilines is 1. The van der Waals surface area contributed by atoms with Gasteiger partial charge in [-0.3, -0.25) is 4.98 Å². The van der Waals surface area contributed by atoms with E-state index in [1.165, 1.54) is 0 Å². The summed E-state index contributed by atoms with van der Waals surface area (Å²) in [7, 11) is 0. The lowest BCUT2D eigenvalue weighted by Crippen LogP contribution is -2.02. The van der Waals surface area contributed by atoms with Crippen LogP contribution in [0.5, 0.6) is 0 Å². The van der Waals surface area contributed by atoms with Gasteiger partial charge in [0.2, 0.25) is 0 Å². The fourth-order valence-electron chi connectivity index (χ4n) is 1.19. The molecule has 90 valence electrons. The van der Waals surface area contributed by atoms with Crippen molar-refractivity contribution >= 4 is 28.9 Å². The van der Waals surface area contributed by atoms with E-state index in [2.05, 4.69) is 27.2 Å². The molecule has 6 heteroatoms. The van der Waals surface area contributed by atoms with E-state index >= 15 is 0 Å². The Labute approximate surface area is 109 Å².